The topological polar surface area (TPSA) is 54.9 Å². The summed E-state index contributed by atoms with van der Waals surface area (Å²) in [6, 6.07) is 8.57. The summed E-state index contributed by atoms with van der Waals surface area (Å²) < 4.78 is 11.7. The van der Waals surface area contributed by atoms with Gasteiger partial charge in [0.05, 0.1) is 35.0 Å². The van der Waals surface area contributed by atoms with E-state index in [2.05, 4.69) is 18.7 Å². The van der Waals surface area contributed by atoms with Crippen LogP contribution in [-0.4, -0.2) is 56.2 Å². The van der Waals surface area contributed by atoms with E-state index in [4.69, 9.17) is 37.7 Å². The number of carbonyl (C=O) groups is 1. The van der Waals surface area contributed by atoms with Crippen LogP contribution in [0.25, 0.3) is 10.2 Å². The number of methoxy groups -OCH3 is 2. The van der Waals surface area contributed by atoms with E-state index in [1.807, 2.05) is 12.1 Å². The van der Waals surface area contributed by atoms with Crippen molar-refractivity contribution < 1.29 is 14.3 Å². The molecule has 1 aromatic heterocycles. The van der Waals surface area contributed by atoms with Gasteiger partial charge in [0, 0.05) is 30.2 Å². The predicted molar refractivity (Wildman–Crippen MR) is 136 cm³/mol. The molecule has 0 N–H and O–H groups in total. The molecule has 2 aromatic carbocycles. The Morgan fingerprint density at radius 3 is 2.31 bits per heavy atom. The molecular formula is C22H26Cl3N3O3S. The molecule has 0 radical (unpaired) electrons. The molecule has 1 heterocycles. The van der Waals surface area contributed by atoms with Gasteiger partial charge in [-0.25, -0.2) is 4.98 Å². The summed E-state index contributed by atoms with van der Waals surface area (Å²) in [6.45, 7) is 7.16. The van der Waals surface area contributed by atoms with Crippen molar-refractivity contribution in [1.29, 1.82) is 0 Å². The summed E-state index contributed by atoms with van der Waals surface area (Å²) >= 11 is 13.9. The number of carbonyl (C=O) groups excluding carboxylic acids is 1. The Hall–Kier alpha value is -1.77. The zero-order chi connectivity index (χ0) is 22.5. The van der Waals surface area contributed by atoms with E-state index >= 15 is 0 Å². The molecule has 0 unspecified atom stereocenters. The van der Waals surface area contributed by atoms with Gasteiger partial charge in [0.15, 0.2) is 16.6 Å². The number of hydrogen-bond donors (Lipinski definition) is 0. The van der Waals surface area contributed by atoms with Crippen LogP contribution in [0.4, 0.5) is 5.13 Å². The number of halogens is 3. The second-order valence-corrected chi connectivity index (χ2v) is 8.63. The Balaban J connectivity index is 0.00000363. The number of ether oxygens (including phenoxy) is 2. The fourth-order valence-corrected chi connectivity index (χ4v) is 4.60. The number of aromatic nitrogens is 1. The number of amides is 1. The molecule has 6 nitrogen and oxygen atoms in total. The molecule has 0 saturated carbocycles. The zero-order valence-electron chi connectivity index (χ0n) is 18.4. The molecule has 1 amide bonds. The minimum Gasteiger partial charge on any atom is -0.493 e. The number of anilines is 1. The van der Waals surface area contributed by atoms with Crippen LogP contribution < -0.4 is 14.4 Å². The highest BCUT2D eigenvalue weighted by Crippen LogP contribution is 2.38. The molecule has 0 atom stereocenters. The number of fused-ring (bicyclic) bond motifs is 1. The van der Waals surface area contributed by atoms with E-state index in [-0.39, 0.29) is 18.3 Å². The molecule has 174 valence electrons. The number of likely N-dealkylation sites (N-methyl/N-ethyl adjacent to an activating group) is 1. The van der Waals surface area contributed by atoms with Crippen molar-refractivity contribution in [3.8, 4) is 11.5 Å². The maximum Gasteiger partial charge on any atom is 0.261 e. The Bertz CT molecular complexity index is 1030. The minimum atomic E-state index is -0.238. The van der Waals surface area contributed by atoms with E-state index in [0.717, 1.165) is 23.3 Å². The summed E-state index contributed by atoms with van der Waals surface area (Å²) in [6.07, 6.45) is 0. The van der Waals surface area contributed by atoms with E-state index in [0.29, 0.717) is 45.3 Å². The molecule has 0 spiro atoms. The van der Waals surface area contributed by atoms with Crippen LogP contribution in [0, 0.1) is 0 Å². The van der Waals surface area contributed by atoms with Crippen molar-refractivity contribution in [3.63, 3.8) is 0 Å². The second kappa shape index (κ2) is 11.9. The summed E-state index contributed by atoms with van der Waals surface area (Å²) in [5, 5.41) is 1.39. The normalized spacial score (nSPS) is 10.8. The number of hydrogen-bond acceptors (Lipinski definition) is 6. The molecule has 0 aliphatic carbocycles. The first kappa shape index (κ1) is 26.5. The van der Waals surface area contributed by atoms with Gasteiger partial charge in [-0.15, -0.1) is 12.4 Å². The zero-order valence-corrected chi connectivity index (χ0v) is 21.5. The van der Waals surface area contributed by atoms with Gasteiger partial charge in [0.2, 0.25) is 0 Å². The second-order valence-electron chi connectivity index (χ2n) is 6.78. The lowest BCUT2D eigenvalue weighted by Gasteiger charge is -2.25. The van der Waals surface area contributed by atoms with E-state index in [9.17, 15) is 4.79 Å². The van der Waals surface area contributed by atoms with Crippen molar-refractivity contribution in [1.82, 2.24) is 9.88 Å². The Labute approximate surface area is 208 Å². The van der Waals surface area contributed by atoms with Crippen LogP contribution >= 0.6 is 46.9 Å². The summed E-state index contributed by atoms with van der Waals surface area (Å²) in [5.41, 5.74) is 1.08. The van der Waals surface area contributed by atoms with Crippen molar-refractivity contribution in [3.05, 3.63) is 45.9 Å². The lowest BCUT2D eigenvalue weighted by molar-refractivity contribution is 0.0984. The average molecular weight is 519 g/mol. The van der Waals surface area contributed by atoms with Gasteiger partial charge < -0.3 is 14.4 Å². The van der Waals surface area contributed by atoms with Crippen LogP contribution in [0.5, 0.6) is 11.5 Å². The monoisotopic (exact) mass is 517 g/mol. The van der Waals surface area contributed by atoms with Crippen LogP contribution in [-0.2, 0) is 0 Å². The van der Waals surface area contributed by atoms with Crippen molar-refractivity contribution in [2.75, 3.05) is 45.3 Å². The summed E-state index contributed by atoms with van der Waals surface area (Å²) in [7, 11) is 3.17. The van der Waals surface area contributed by atoms with Gasteiger partial charge >= 0.3 is 0 Å². The van der Waals surface area contributed by atoms with Crippen LogP contribution in [0.1, 0.15) is 24.2 Å². The quantitative estimate of drug-likeness (QED) is 0.346. The van der Waals surface area contributed by atoms with Crippen LogP contribution in [0.2, 0.25) is 10.0 Å². The first-order valence-electron chi connectivity index (χ1n) is 9.93. The highest BCUT2D eigenvalue weighted by Gasteiger charge is 2.24. The third-order valence-electron chi connectivity index (χ3n) is 5.05. The first-order chi connectivity index (χ1) is 14.9. The molecule has 0 fully saturated rings. The largest absolute Gasteiger partial charge is 0.493 e. The van der Waals surface area contributed by atoms with Crippen LogP contribution in [0.3, 0.4) is 0 Å². The Morgan fingerprint density at radius 1 is 1.03 bits per heavy atom. The molecule has 0 saturated heterocycles. The molecule has 32 heavy (non-hydrogen) atoms. The van der Waals surface area contributed by atoms with E-state index in [1.165, 1.54) is 11.3 Å². The van der Waals surface area contributed by atoms with Gasteiger partial charge in [0.25, 0.3) is 5.91 Å². The lowest BCUT2D eigenvalue weighted by atomic mass is 10.2. The third-order valence-corrected chi connectivity index (χ3v) is 6.66. The number of thiazole rings is 1. The molecular weight excluding hydrogens is 493 g/mol. The smallest absolute Gasteiger partial charge is 0.261 e. The first-order valence-corrected chi connectivity index (χ1v) is 11.5. The molecule has 3 rings (SSSR count). The molecule has 3 aromatic rings. The molecule has 0 aliphatic heterocycles. The molecule has 10 heteroatoms. The molecule has 0 bridgehead atoms. The number of benzene rings is 2. The van der Waals surface area contributed by atoms with Crippen LogP contribution in [0.15, 0.2) is 30.3 Å². The number of rotatable bonds is 9. The maximum absolute atomic E-state index is 13.5. The van der Waals surface area contributed by atoms with Gasteiger partial charge in [-0.2, -0.15) is 0 Å². The Morgan fingerprint density at radius 2 is 1.69 bits per heavy atom. The van der Waals surface area contributed by atoms with Crippen molar-refractivity contribution >= 4 is 68.2 Å². The van der Waals surface area contributed by atoms with Gasteiger partial charge in [-0.3, -0.25) is 9.69 Å². The fraction of sp³-hybridized carbons (Fsp3) is 0.364. The van der Waals surface area contributed by atoms with Gasteiger partial charge in [-0.05, 0) is 31.3 Å². The fourth-order valence-electron chi connectivity index (χ4n) is 3.23. The highest BCUT2D eigenvalue weighted by molar-refractivity contribution is 7.22. The van der Waals surface area contributed by atoms with E-state index in [1.54, 1.807) is 37.3 Å². The highest BCUT2D eigenvalue weighted by atomic mass is 35.5. The predicted octanol–water partition coefficient (Wildman–Crippen LogP) is 6.03. The maximum atomic E-state index is 13.5. The Kier molecular flexibility index (Phi) is 9.85. The van der Waals surface area contributed by atoms with Crippen molar-refractivity contribution in [2.45, 2.75) is 13.8 Å². The summed E-state index contributed by atoms with van der Waals surface area (Å²) in [4.78, 5) is 22.1. The van der Waals surface area contributed by atoms with Gasteiger partial charge in [0.1, 0.15) is 0 Å². The van der Waals surface area contributed by atoms with Crippen molar-refractivity contribution in [2.24, 2.45) is 0 Å². The standard InChI is InChI=1S/C22H25Cl2N3O3S.ClH/c1-5-26(6-2)9-10-27(21(28)15-11-14(23)7-8-16(15)24)22-25-17-12-18(29-3)19(30-4)13-20(17)31-22;/h7-8,11-13H,5-6,9-10H2,1-4H3;1H. The van der Waals surface area contributed by atoms with E-state index < -0.39 is 0 Å². The lowest BCUT2D eigenvalue weighted by Crippen LogP contribution is -2.39. The third kappa shape index (κ3) is 5.77. The number of nitrogens with zero attached hydrogens (tertiary/aromatic N) is 3. The SMILES string of the molecule is CCN(CC)CCN(C(=O)c1cc(Cl)ccc1Cl)c1nc2cc(OC)c(OC)cc2s1.Cl. The molecule has 0 aliphatic rings. The summed E-state index contributed by atoms with van der Waals surface area (Å²) in [5.74, 6) is 0.965. The minimum absolute atomic E-state index is 0. The average Bonchev–Trinajstić information content (AvgIpc) is 3.19. The van der Waals surface area contributed by atoms with Gasteiger partial charge in [-0.1, -0.05) is 48.4 Å².